The maximum atomic E-state index is 13.7. The van der Waals surface area contributed by atoms with Gasteiger partial charge < -0.3 is 9.32 Å². The van der Waals surface area contributed by atoms with E-state index in [-0.39, 0.29) is 23.6 Å². The van der Waals surface area contributed by atoms with E-state index in [0.717, 1.165) is 38.6 Å². The minimum atomic E-state index is -0.0126. The van der Waals surface area contributed by atoms with Gasteiger partial charge in [0.15, 0.2) is 5.16 Å². The number of hydrogen-bond donors (Lipinski definition) is 0. The highest BCUT2D eigenvalue weighted by atomic mass is 32.2. The molecule has 0 saturated carbocycles. The van der Waals surface area contributed by atoms with Crippen molar-refractivity contribution in [3.63, 3.8) is 0 Å². The van der Waals surface area contributed by atoms with Crippen LogP contribution in [0, 0.1) is 0 Å². The van der Waals surface area contributed by atoms with Crippen LogP contribution < -0.4 is 4.90 Å². The van der Waals surface area contributed by atoms with E-state index in [1.165, 1.54) is 11.8 Å². The monoisotopic (exact) mass is 490 g/mol. The molecule has 5 rings (SSSR count). The van der Waals surface area contributed by atoms with E-state index in [2.05, 4.69) is 46.8 Å². The lowest BCUT2D eigenvalue weighted by Gasteiger charge is -2.37. The summed E-state index contributed by atoms with van der Waals surface area (Å²) in [5.41, 5.74) is 2.11. The van der Waals surface area contributed by atoms with E-state index < -0.39 is 0 Å². The largest absolute Gasteiger partial charge is 0.467 e. The van der Waals surface area contributed by atoms with Gasteiger partial charge in [0.2, 0.25) is 5.91 Å². The molecular weight excluding hydrogens is 464 g/mol. The molecule has 0 saturated heterocycles. The first kappa shape index (κ1) is 22.8. The quantitative estimate of drug-likeness (QED) is 0.295. The number of fused-ring (bicyclic) bond motifs is 1. The van der Waals surface area contributed by atoms with E-state index in [0.29, 0.717) is 6.54 Å². The maximum Gasteiger partial charge on any atom is 0.238 e. The number of thioether (sulfide) groups is 2. The molecule has 1 unspecified atom stereocenters. The van der Waals surface area contributed by atoms with Crippen molar-refractivity contribution in [1.82, 2.24) is 14.8 Å². The number of amides is 1. The molecule has 0 aliphatic carbocycles. The highest BCUT2D eigenvalue weighted by Gasteiger charge is 2.32. The molecule has 3 heterocycles. The highest BCUT2D eigenvalue weighted by molar-refractivity contribution is 8.00. The van der Waals surface area contributed by atoms with Gasteiger partial charge in [0.1, 0.15) is 11.6 Å². The molecule has 34 heavy (non-hydrogen) atoms. The SMILES string of the molecule is CC(C)c1nnc(SCC(=O)N2c3ccccc3SCC2c2ccccc2)n1Cc1ccco1. The van der Waals surface area contributed by atoms with Crippen molar-refractivity contribution in [2.75, 3.05) is 16.4 Å². The van der Waals surface area contributed by atoms with Crippen LogP contribution >= 0.6 is 23.5 Å². The first-order chi connectivity index (χ1) is 16.6. The minimum Gasteiger partial charge on any atom is -0.467 e. The smallest absolute Gasteiger partial charge is 0.238 e. The Balaban J connectivity index is 1.41. The molecule has 0 N–H and O–H groups in total. The molecule has 0 bridgehead atoms. The molecule has 8 heteroatoms. The summed E-state index contributed by atoms with van der Waals surface area (Å²) in [5.74, 6) is 3.08. The fourth-order valence-corrected chi connectivity index (χ4v) is 6.13. The average Bonchev–Trinajstić information content (AvgIpc) is 3.53. The predicted molar refractivity (Wildman–Crippen MR) is 136 cm³/mol. The molecule has 2 aromatic carbocycles. The predicted octanol–water partition coefficient (Wildman–Crippen LogP) is 6.02. The van der Waals surface area contributed by atoms with Crippen molar-refractivity contribution < 1.29 is 9.21 Å². The molecule has 0 spiro atoms. The third-order valence-corrected chi connectivity index (χ3v) is 7.86. The van der Waals surface area contributed by atoms with Crippen LogP contribution in [0.2, 0.25) is 0 Å². The number of hydrogen-bond acceptors (Lipinski definition) is 6. The standard InChI is InChI=1S/C26H26N4O2S2/c1-18(2)25-27-28-26(29(25)15-20-11-8-14-32-20)34-17-24(31)30-21-12-6-7-13-23(21)33-16-22(30)19-9-4-3-5-10-19/h3-14,18,22H,15-17H2,1-2H3. The summed E-state index contributed by atoms with van der Waals surface area (Å²) in [5, 5.41) is 9.55. The number of anilines is 1. The number of para-hydroxylation sites is 1. The normalized spacial score (nSPS) is 15.5. The Kier molecular flexibility index (Phi) is 6.78. The highest BCUT2D eigenvalue weighted by Crippen LogP contribution is 2.43. The molecule has 0 fully saturated rings. The molecule has 1 aliphatic rings. The number of benzene rings is 2. The van der Waals surface area contributed by atoms with Crippen LogP contribution in [0.3, 0.4) is 0 Å². The summed E-state index contributed by atoms with van der Waals surface area (Å²) in [7, 11) is 0. The number of nitrogens with zero attached hydrogens (tertiary/aromatic N) is 4. The van der Waals surface area contributed by atoms with E-state index >= 15 is 0 Å². The van der Waals surface area contributed by atoms with Gasteiger partial charge in [-0.05, 0) is 29.8 Å². The van der Waals surface area contributed by atoms with Crippen LogP contribution in [0.25, 0.3) is 0 Å². The summed E-state index contributed by atoms with van der Waals surface area (Å²) in [6, 6.07) is 22.2. The van der Waals surface area contributed by atoms with Gasteiger partial charge in [0.05, 0.1) is 30.3 Å². The zero-order valence-corrected chi connectivity index (χ0v) is 20.8. The van der Waals surface area contributed by atoms with E-state index in [9.17, 15) is 4.79 Å². The molecule has 0 radical (unpaired) electrons. The summed E-state index contributed by atoms with van der Waals surface area (Å²) in [4.78, 5) is 16.8. The van der Waals surface area contributed by atoms with Gasteiger partial charge in [-0.3, -0.25) is 9.36 Å². The van der Waals surface area contributed by atoms with Crippen molar-refractivity contribution in [2.24, 2.45) is 0 Å². The first-order valence-corrected chi connectivity index (χ1v) is 13.3. The van der Waals surface area contributed by atoms with Gasteiger partial charge in [-0.1, -0.05) is 68.1 Å². The van der Waals surface area contributed by atoms with Crippen molar-refractivity contribution in [3.8, 4) is 0 Å². The van der Waals surface area contributed by atoms with Gasteiger partial charge in [-0.25, -0.2) is 0 Å². The lowest BCUT2D eigenvalue weighted by atomic mass is 10.1. The molecule has 6 nitrogen and oxygen atoms in total. The number of carbonyl (C=O) groups is 1. The lowest BCUT2D eigenvalue weighted by molar-refractivity contribution is -0.116. The second-order valence-electron chi connectivity index (χ2n) is 8.42. The Morgan fingerprint density at radius 3 is 2.65 bits per heavy atom. The van der Waals surface area contributed by atoms with Crippen molar-refractivity contribution in [2.45, 2.75) is 42.4 Å². The van der Waals surface area contributed by atoms with Gasteiger partial charge in [-0.15, -0.1) is 22.0 Å². The molecule has 174 valence electrons. The molecule has 1 atom stereocenters. The van der Waals surface area contributed by atoms with E-state index in [1.807, 2.05) is 53.4 Å². The third kappa shape index (κ3) is 4.65. The summed E-state index contributed by atoms with van der Waals surface area (Å²) in [6.07, 6.45) is 1.67. The Labute approximate surface area is 207 Å². The minimum absolute atomic E-state index is 0.0126. The van der Waals surface area contributed by atoms with Crippen LogP contribution in [-0.2, 0) is 11.3 Å². The lowest BCUT2D eigenvalue weighted by Crippen LogP contribution is -2.39. The fraction of sp³-hybridized carbons (Fsp3) is 0.269. The Hall–Kier alpha value is -2.97. The van der Waals surface area contributed by atoms with Crippen LogP contribution in [0.1, 0.15) is 43.0 Å². The molecule has 1 aliphatic heterocycles. The zero-order chi connectivity index (χ0) is 23.5. The van der Waals surface area contributed by atoms with E-state index in [4.69, 9.17) is 4.42 Å². The summed E-state index contributed by atoms with van der Waals surface area (Å²) >= 11 is 3.23. The van der Waals surface area contributed by atoms with Crippen molar-refractivity contribution >= 4 is 35.1 Å². The number of carbonyl (C=O) groups excluding carboxylic acids is 1. The zero-order valence-electron chi connectivity index (χ0n) is 19.1. The van der Waals surface area contributed by atoms with Gasteiger partial charge in [0.25, 0.3) is 0 Å². The Morgan fingerprint density at radius 1 is 1.09 bits per heavy atom. The average molecular weight is 491 g/mol. The van der Waals surface area contributed by atoms with Crippen LogP contribution in [-0.4, -0.2) is 32.2 Å². The second-order valence-corrected chi connectivity index (χ2v) is 10.4. The van der Waals surface area contributed by atoms with Crippen LogP contribution in [0.15, 0.2) is 87.5 Å². The molecular formula is C26H26N4O2S2. The van der Waals surface area contributed by atoms with Crippen LogP contribution in [0.5, 0.6) is 0 Å². The number of furan rings is 1. The third-order valence-electron chi connectivity index (χ3n) is 5.77. The van der Waals surface area contributed by atoms with Crippen LogP contribution in [0.4, 0.5) is 5.69 Å². The fourth-order valence-electron chi connectivity index (χ4n) is 4.15. The Morgan fingerprint density at radius 2 is 1.88 bits per heavy atom. The van der Waals surface area contributed by atoms with Gasteiger partial charge in [0, 0.05) is 16.6 Å². The van der Waals surface area contributed by atoms with Crippen molar-refractivity contribution in [1.29, 1.82) is 0 Å². The summed E-state index contributed by atoms with van der Waals surface area (Å²) in [6.45, 7) is 4.73. The number of rotatable bonds is 7. The second kappa shape index (κ2) is 10.1. The first-order valence-electron chi connectivity index (χ1n) is 11.3. The van der Waals surface area contributed by atoms with E-state index in [1.54, 1.807) is 18.0 Å². The summed E-state index contributed by atoms with van der Waals surface area (Å²) < 4.78 is 7.61. The molecule has 1 amide bonds. The van der Waals surface area contributed by atoms with Crippen molar-refractivity contribution in [3.05, 3.63) is 90.1 Å². The number of aromatic nitrogens is 3. The van der Waals surface area contributed by atoms with Gasteiger partial charge >= 0.3 is 0 Å². The topological polar surface area (TPSA) is 64.2 Å². The van der Waals surface area contributed by atoms with Gasteiger partial charge in [-0.2, -0.15) is 0 Å². The molecule has 4 aromatic rings. The molecule has 2 aromatic heterocycles. The maximum absolute atomic E-state index is 13.7. The Bertz CT molecular complexity index is 1260.